The third-order valence-electron chi connectivity index (χ3n) is 3.21. The molecule has 0 saturated carbocycles. The van der Waals surface area contributed by atoms with Gasteiger partial charge in [-0.3, -0.25) is 4.79 Å². The fourth-order valence-electron chi connectivity index (χ4n) is 1.82. The fraction of sp³-hybridized carbons (Fsp3) is 0.385. The van der Waals surface area contributed by atoms with E-state index in [0.29, 0.717) is 6.42 Å². The Kier molecular flexibility index (Phi) is 2.55. The van der Waals surface area contributed by atoms with Gasteiger partial charge < -0.3 is 10.2 Å². The minimum Gasteiger partial charge on any atom is -0.357 e. The number of carbonyl (C=O) groups is 1. The lowest BCUT2D eigenvalue weighted by Crippen LogP contribution is -2.39. The highest BCUT2D eigenvalue weighted by molar-refractivity contribution is 5.99. The van der Waals surface area contributed by atoms with E-state index in [9.17, 15) is 4.79 Å². The number of rotatable bonds is 2. The first kappa shape index (κ1) is 11.5. The summed E-state index contributed by atoms with van der Waals surface area (Å²) in [5, 5.41) is 11.9. The first-order chi connectivity index (χ1) is 7.94. The van der Waals surface area contributed by atoms with Gasteiger partial charge in [-0.15, -0.1) is 0 Å². The van der Waals surface area contributed by atoms with Crippen LogP contribution in [0.4, 0.5) is 11.4 Å². The van der Waals surface area contributed by atoms with Crippen molar-refractivity contribution >= 4 is 17.3 Å². The van der Waals surface area contributed by atoms with Gasteiger partial charge in [-0.2, -0.15) is 5.26 Å². The maximum atomic E-state index is 11.3. The number of hydrogen-bond donors (Lipinski definition) is 1. The van der Waals surface area contributed by atoms with Crippen LogP contribution in [-0.4, -0.2) is 18.5 Å². The van der Waals surface area contributed by atoms with E-state index >= 15 is 0 Å². The number of carbonyl (C=O) groups excluding carboxylic acids is 1. The van der Waals surface area contributed by atoms with Gasteiger partial charge >= 0.3 is 0 Å². The fourth-order valence-corrected chi connectivity index (χ4v) is 1.82. The molecule has 1 amide bonds. The van der Waals surface area contributed by atoms with Crippen molar-refractivity contribution in [1.82, 2.24) is 0 Å². The first-order valence-corrected chi connectivity index (χ1v) is 5.52. The SMILES string of the molecule is CN(c1ccc2c(c1)CC(=O)N2)C(C)(C)C#N. The van der Waals surface area contributed by atoms with E-state index in [4.69, 9.17) is 5.26 Å². The lowest BCUT2D eigenvalue weighted by Gasteiger charge is -2.31. The molecule has 0 radical (unpaired) electrons. The minimum atomic E-state index is -0.565. The van der Waals surface area contributed by atoms with Crippen LogP contribution in [0.5, 0.6) is 0 Å². The molecule has 2 rings (SSSR count). The third-order valence-corrected chi connectivity index (χ3v) is 3.21. The summed E-state index contributed by atoms with van der Waals surface area (Å²) in [7, 11) is 1.88. The summed E-state index contributed by atoms with van der Waals surface area (Å²) in [5.41, 5.74) is 2.26. The van der Waals surface area contributed by atoms with E-state index in [1.807, 2.05) is 44.0 Å². The largest absolute Gasteiger partial charge is 0.357 e. The molecule has 0 aliphatic carbocycles. The number of anilines is 2. The smallest absolute Gasteiger partial charge is 0.228 e. The molecule has 1 aliphatic heterocycles. The number of nitrogens with one attached hydrogen (secondary N) is 1. The molecule has 1 N–H and O–H groups in total. The van der Waals surface area contributed by atoms with E-state index in [0.717, 1.165) is 16.9 Å². The van der Waals surface area contributed by atoms with Gasteiger partial charge in [-0.05, 0) is 37.6 Å². The second kappa shape index (κ2) is 3.77. The van der Waals surface area contributed by atoms with E-state index in [1.54, 1.807) is 0 Å². The normalized spacial score (nSPS) is 13.9. The zero-order valence-corrected chi connectivity index (χ0v) is 10.2. The Morgan fingerprint density at radius 2 is 2.18 bits per heavy atom. The quantitative estimate of drug-likeness (QED) is 0.843. The average Bonchev–Trinajstić information content (AvgIpc) is 2.66. The van der Waals surface area contributed by atoms with E-state index in [2.05, 4.69) is 11.4 Å². The van der Waals surface area contributed by atoms with Gasteiger partial charge in [-0.25, -0.2) is 0 Å². The molecule has 0 saturated heterocycles. The predicted octanol–water partition coefficient (Wildman–Crippen LogP) is 1.92. The van der Waals surface area contributed by atoms with Crippen LogP contribution in [0.3, 0.4) is 0 Å². The van der Waals surface area contributed by atoms with Gasteiger partial charge in [0.05, 0.1) is 12.5 Å². The van der Waals surface area contributed by atoms with Crippen LogP contribution in [0.1, 0.15) is 19.4 Å². The molecule has 0 bridgehead atoms. The molecule has 4 nitrogen and oxygen atoms in total. The van der Waals surface area contributed by atoms with Crippen molar-refractivity contribution in [3.05, 3.63) is 23.8 Å². The molecule has 1 aromatic carbocycles. The lowest BCUT2D eigenvalue weighted by atomic mass is 10.0. The van der Waals surface area contributed by atoms with Crippen LogP contribution in [0.2, 0.25) is 0 Å². The zero-order valence-electron chi connectivity index (χ0n) is 10.2. The molecule has 0 atom stereocenters. The van der Waals surface area contributed by atoms with Gasteiger partial charge in [0.1, 0.15) is 5.54 Å². The monoisotopic (exact) mass is 229 g/mol. The van der Waals surface area contributed by atoms with E-state index < -0.39 is 5.54 Å². The Morgan fingerprint density at radius 1 is 1.47 bits per heavy atom. The number of amides is 1. The number of benzene rings is 1. The standard InChI is InChI=1S/C13H15N3O/c1-13(2,8-14)16(3)10-4-5-11-9(6-10)7-12(17)15-11/h4-6H,7H2,1-3H3,(H,15,17). The van der Waals surface area contributed by atoms with Crippen LogP contribution in [-0.2, 0) is 11.2 Å². The van der Waals surface area contributed by atoms with Crippen molar-refractivity contribution in [3.8, 4) is 6.07 Å². The van der Waals surface area contributed by atoms with E-state index in [-0.39, 0.29) is 5.91 Å². The highest BCUT2D eigenvalue weighted by Crippen LogP contribution is 2.29. The summed E-state index contributed by atoms with van der Waals surface area (Å²) < 4.78 is 0. The van der Waals surface area contributed by atoms with Crippen LogP contribution >= 0.6 is 0 Å². The Labute approximate surface area is 101 Å². The van der Waals surface area contributed by atoms with Crippen molar-refractivity contribution in [3.63, 3.8) is 0 Å². The highest BCUT2D eigenvalue weighted by Gasteiger charge is 2.25. The van der Waals surface area contributed by atoms with Gasteiger partial charge in [-0.1, -0.05) is 0 Å². The second-order valence-electron chi connectivity index (χ2n) is 4.80. The minimum absolute atomic E-state index is 0.0272. The second-order valence-corrected chi connectivity index (χ2v) is 4.80. The maximum absolute atomic E-state index is 11.3. The Hall–Kier alpha value is -2.02. The molecule has 0 spiro atoms. The van der Waals surface area contributed by atoms with Gasteiger partial charge in [0.2, 0.25) is 5.91 Å². The van der Waals surface area contributed by atoms with Crippen molar-refractivity contribution < 1.29 is 4.79 Å². The maximum Gasteiger partial charge on any atom is 0.228 e. The molecule has 0 unspecified atom stereocenters. The zero-order chi connectivity index (χ0) is 12.6. The van der Waals surface area contributed by atoms with Crippen LogP contribution in [0, 0.1) is 11.3 Å². The Balaban J connectivity index is 2.34. The first-order valence-electron chi connectivity index (χ1n) is 5.52. The van der Waals surface area contributed by atoms with Crippen molar-refractivity contribution in [1.29, 1.82) is 5.26 Å². The summed E-state index contributed by atoms with van der Waals surface area (Å²) in [5.74, 6) is 0.0272. The molecule has 1 heterocycles. The van der Waals surface area contributed by atoms with Gasteiger partial charge in [0.15, 0.2) is 0 Å². The molecule has 0 fully saturated rings. The van der Waals surface area contributed by atoms with Crippen LogP contribution in [0.15, 0.2) is 18.2 Å². The van der Waals surface area contributed by atoms with Gasteiger partial charge in [0.25, 0.3) is 0 Å². The molecular weight excluding hydrogens is 214 g/mol. The molecule has 88 valence electrons. The molecule has 4 heteroatoms. The number of nitriles is 1. The average molecular weight is 229 g/mol. The Morgan fingerprint density at radius 3 is 2.82 bits per heavy atom. The molecule has 17 heavy (non-hydrogen) atoms. The summed E-state index contributed by atoms with van der Waals surface area (Å²) in [6, 6.07) is 8.03. The number of fused-ring (bicyclic) bond motifs is 1. The van der Waals surface area contributed by atoms with Crippen LogP contribution in [0.25, 0.3) is 0 Å². The summed E-state index contributed by atoms with van der Waals surface area (Å²) in [6.45, 7) is 3.73. The van der Waals surface area contributed by atoms with Crippen molar-refractivity contribution in [2.75, 3.05) is 17.3 Å². The lowest BCUT2D eigenvalue weighted by molar-refractivity contribution is -0.115. The third kappa shape index (κ3) is 1.96. The van der Waals surface area contributed by atoms with Gasteiger partial charge in [0, 0.05) is 18.4 Å². The predicted molar refractivity (Wildman–Crippen MR) is 66.9 cm³/mol. The molecular formula is C13H15N3O. The number of hydrogen-bond acceptors (Lipinski definition) is 3. The van der Waals surface area contributed by atoms with Crippen LogP contribution < -0.4 is 10.2 Å². The van der Waals surface area contributed by atoms with Crippen molar-refractivity contribution in [2.45, 2.75) is 25.8 Å². The number of nitrogens with zero attached hydrogens (tertiary/aromatic N) is 2. The molecule has 1 aromatic rings. The summed E-state index contributed by atoms with van der Waals surface area (Å²) in [6.07, 6.45) is 0.421. The molecule has 0 aromatic heterocycles. The topological polar surface area (TPSA) is 56.1 Å². The Bertz CT molecular complexity index is 514. The highest BCUT2D eigenvalue weighted by atomic mass is 16.1. The summed E-state index contributed by atoms with van der Waals surface area (Å²) >= 11 is 0. The summed E-state index contributed by atoms with van der Waals surface area (Å²) in [4.78, 5) is 13.2. The van der Waals surface area contributed by atoms with E-state index in [1.165, 1.54) is 0 Å². The molecule has 1 aliphatic rings. The van der Waals surface area contributed by atoms with Crippen molar-refractivity contribution in [2.24, 2.45) is 0 Å².